The highest BCUT2D eigenvalue weighted by atomic mass is 35.5. The van der Waals surface area contributed by atoms with Gasteiger partial charge in [-0.1, -0.05) is 11.6 Å². The Bertz CT molecular complexity index is 747. The van der Waals surface area contributed by atoms with Crippen molar-refractivity contribution in [2.75, 3.05) is 5.73 Å². The zero-order chi connectivity index (χ0) is 13.6. The molecule has 0 unspecified atom stereocenters. The fraction of sp³-hybridized carbons (Fsp3) is 0. The van der Waals surface area contributed by atoms with E-state index in [1.54, 1.807) is 0 Å². The first kappa shape index (κ1) is 11.9. The minimum absolute atomic E-state index is 0.0502. The normalized spacial score (nSPS) is 11.1. The van der Waals surface area contributed by atoms with Gasteiger partial charge in [0.15, 0.2) is 5.58 Å². The number of nitrogens with two attached hydrogens (primary N) is 1. The van der Waals surface area contributed by atoms with Crippen LogP contribution in [0.2, 0.25) is 5.02 Å². The molecule has 6 heteroatoms. The second kappa shape index (κ2) is 4.20. The molecule has 0 atom stereocenters. The third-order valence-electron chi connectivity index (χ3n) is 2.67. The molecule has 2 aromatic carbocycles. The van der Waals surface area contributed by atoms with Crippen LogP contribution in [0, 0.1) is 11.6 Å². The SMILES string of the molecule is Nc1cc2oc(-c3ccc(F)cc3F)nc2cc1Cl. The van der Waals surface area contributed by atoms with E-state index in [4.69, 9.17) is 21.8 Å². The Morgan fingerprint density at radius 2 is 1.95 bits per heavy atom. The van der Waals surface area contributed by atoms with Gasteiger partial charge in [-0.2, -0.15) is 0 Å². The van der Waals surface area contributed by atoms with E-state index in [0.717, 1.165) is 12.1 Å². The number of benzene rings is 2. The Morgan fingerprint density at radius 1 is 1.16 bits per heavy atom. The predicted molar refractivity (Wildman–Crippen MR) is 68.8 cm³/mol. The second-order valence-electron chi connectivity index (χ2n) is 3.98. The van der Waals surface area contributed by atoms with Gasteiger partial charge in [0.2, 0.25) is 5.89 Å². The lowest BCUT2D eigenvalue weighted by Gasteiger charge is -1.97. The molecular weight excluding hydrogens is 274 g/mol. The minimum atomic E-state index is -0.745. The first-order valence-corrected chi connectivity index (χ1v) is 5.73. The highest BCUT2D eigenvalue weighted by molar-refractivity contribution is 6.33. The molecule has 3 rings (SSSR count). The van der Waals surface area contributed by atoms with Crippen LogP contribution in [0.4, 0.5) is 14.5 Å². The molecule has 0 bridgehead atoms. The van der Waals surface area contributed by atoms with Crippen LogP contribution < -0.4 is 5.73 Å². The molecule has 96 valence electrons. The largest absolute Gasteiger partial charge is 0.436 e. The molecule has 1 heterocycles. The van der Waals surface area contributed by atoms with Crippen molar-refractivity contribution in [1.82, 2.24) is 4.98 Å². The second-order valence-corrected chi connectivity index (χ2v) is 4.39. The van der Waals surface area contributed by atoms with Gasteiger partial charge in [0.1, 0.15) is 17.2 Å². The highest BCUT2D eigenvalue weighted by Crippen LogP contribution is 2.30. The molecular formula is C13H7ClF2N2O. The summed E-state index contributed by atoms with van der Waals surface area (Å²) in [7, 11) is 0. The molecule has 0 aliphatic heterocycles. The van der Waals surface area contributed by atoms with Crippen LogP contribution in [0.5, 0.6) is 0 Å². The van der Waals surface area contributed by atoms with Crippen molar-refractivity contribution < 1.29 is 13.2 Å². The Labute approximate surface area is 111 Å². The van der Waals surface area contributed by atoms with E-state index in [1.807, 2.05) is 0 Å². The molecule has 0 fully saturated rings. The van der Waals surface area contributed by atoms with Gasteiger partial charge in [0, 0.05) is 12.1 Å². The van der Waals surface area contributed by atoms with Crippen molar-refractivity contribution in [3.8, 4) is 11.5 Å². The lowest BCUT2D eigenvalue weighted by molar-refractivity contribution is 0.572. The maximum atomic E-state index is 13.6. The molecule has 0 saturated heterocycles. The Balaban J connectivity index is 2.20. The lowest BCUT2D eigenvalue weighted by Crippen LogP contribution is -1.86. The van der Waals surface area contributed by atoms with Crippen molar-refractivity contribution in [3.05, 3.63) is 47.0 Å². The molecule has 19 heavy (non-hydrogen) atoms. The number of hydrogen-bond donors (Lipinski definition) is 1. The topological polar surface area (TPSA) is 52.0 Å². The van der Waals surface area contributed by atoms with Crippen LogP contribution in [0.25, 0.3) is 22.6 Å². The van der Waals surface area contributed by atoms with E-state index < -0.39 is 11.6 Å². The van der Waals surface area contributed by atoms with Crippen molar-refractivity contribution in [1.29, 1.82) is 0 Å². The number of rotatable bonds is 1. The maximum Gasteiger partial charge on any atom is 0.230 e. The molecule has 3 nitrogen and oxygen atoms in total. The van der Waals surface area contributed by atoms with Crippen LogP contribution in [0.15, 0.2) is 34.7 Å². The Morgan fingerprint density at radius 3 is 2.68 bits per heavy atom. The summed E-state index contributed by atoms with van der Waals surface area (Å²) in [6.07, 6.45) is 0. The van der Waals surface area contributed by atoms with Crippen molar-refractivity contribution >= 4 is 28.4 Å². The number of hydrogen-bond acceptors (Lipinski definition) is 3. The van der Waals surface area contributed by atoms with E-state index >= 15 is 0 Å². The fourth-order valence-electron chi connectivity index (χ4n) is 1.74. The summed E-state index contributed by atoms with van der Waals surface area (Å²) in [5, 5.41) is 0.340. The predicted octanol–water partition coefficient (Wildman–Crippen LogP) is 4.01. The monoisotopic (exact) mass is 280 g/mol. The van der Waals surface area contributed by atoms with E-state index in [0.29, 0.717) is 21.8 Å². The van der Waals surface area contributed by atoms with Crippen LogP contribution in [0.1, 0.15) is 0 Å². The molecule has 0 aliphatic rings. The van der Waals surface area contributed by atoms with Gasteiger partial charge in [-0.05, 0) is 18.2 Å². The zero-order valence-corrected chi connectivity index (χ0v) is 10.2. The van der Waals surface area contributed by atoms with Gasteiger partial charge in [-0.3, -0.25) is 0 Å². The fourth-order valence-corrected chi connectivity index (χ4v) is 1.90. The smallest absolute Gasteiger partial charge is 0.230 e. The first-order chi connectivity index (χ1) is 9.04. The van der Waals surface area contributed by atoms with Gasteiger partial charge < -0.3 is 10.2 Å². The lowest BCUT2D eigenvalue weighted by atomic mass is 10.2. The molecule has 3 aromatic rings. The van der Waals surface area contributed by atoms with Crippen LogP contribution in [-0.4, -0.2) is 4.98 Å². The molecule has 2 N–H and O–H groups in total. The number of aromatic nitrogens is 1. The average molecular weight is 281 g/mol. The number of halogens is 3. The van der Waals surface area contributed by atoms with Gasteiger partial charge in [-0.15, -0.1) is 0 Å². The third-order valence-corrected chi connectivity index (χ3v) is 3.00. The van der Waals surface area contributed by atoms with E-state index in [9.17, 15) is 8.78 Å². The van der Waals surface area contributed by atoms with Gasteiger partial charge in [0.05, 0.1) is 16.3 Å². The molecule has 1 aromatic heterocycles. The van der Waals surface area contributed by atoms with Crippen molar-refractivity contribution in [2.24, 2.45) is 0 Å². The quantitative estimate of drug-likeness (QED) is 0.685. The molecule has 0 radical (unpaired) electrons. The molecule has 0 aliphatic carbocycles. The summed E-state index contributed by atoms with van der Waals surface area (Å²) in [6.45, 7) is 0. The van der Waals surface area contributed by atoms with E-state index in [2.05, 4.69) is 4.98 Å². The van der Waals surface area contributed by atoms with Gasteiger partial charge in [-0.25, -0.2) is 13.8 Å². The van der Waals surface area contributed by atoms with Crippen LogP contribution in [-0.2, 0) is 0 Å². The van der Waals surface area contributed by atoms with Gasteiger partial charge in [0.25, 0.3) is 0 Å². The van der Waals surface area contributed by atoms with Crippen LogP contribution in [0.3, 0.4) is 0 Å². The Hall–Kier alpha value is -2.14. The summed E-state index contributed by atoms with van der Waals surface area (Å²) in [4.78, 5) is 4.11. The number of fused-ring (bicyclic) bond motifs is 1. The Kier molecular flexibility index (Phi) is 2.64. The number of nitrogen functional groups attached to an aromatic ring is 1. The number of oxazole rings is 1. The summed E-state index contributed by atoms with van der Waals surface area (Å²) in [6, 6.07) is 6.21. The molecule has 0 amide bonds. The zero-order valence-electron chi connectivity index (χ0n) is 9.45. The van der Waals surface area contributed by atoms with Gasteiger partial charge >= 0.3 is 0 Å². The summed E-state index contributed by atoms with van der Waals surface area (Å²) >= 11 is 5.86. The molecule has 0 saturated carbocycles. The number of anilines is 1. The average Bonchev–Trinajstić information content (AvgIpc) is 2.72. The first-order valence-electron chi connectivity index (χ1n) is 5.35. The molecule has 0 spiro atoms. The standard InChI is InChI=1S/C13H7ClF2N2O/c14-8-4-11-12(5-10(8)17)19-13(18-11)7-2-1-6(15)3-9(7)16/h1-5H,17H2. The van der Waals surface area contributed by atoms with Crippen molar-refractivity contribution in [2.45, 2.75) is 0 Å². The third kappa shape index (κ3) is 2.02. The number of nitrogens with zero attached hydrogens (tertiary/aromatic N) is 1. The van der Waals surface area contributed by atoms with E-state index in [-0.39, 0.29) is 11.5 Å². The summed E-state index contributed by atoms with van der Waals surface area (Å²) < 4.78 is 31.9. The summed E-state index contributed by atoms with van der Waals surface area (Å²) in [5.74, 6) is -1.36. The van der Waals surface area contributed by atoms with Crippen molar-refractivity contribution in [3.63, 3.8) is 0 Å². The van der Waals surface area contributed by atoms with Crippen LogP contribution >= 0.6 is 11.6 Å². The minimum Gasteiger partial charge on any atom is -0.436 e. The van der Waals surface area contributed by atoms with E-state index in [1.165, 1.54) is 18.2 Å². The summed E-state index contributed by atoms with van der Waals surface area (Å²) in [5.41, 5.74) is 6.91. The highest BCUT2D eigenvalue weighted by Gasteiger charge is 2.14. The maximum absolute atomic E-state index is 13.6.